The first-order chi connectivity index (χ1) is 5.52. The van der Waals surface area contributed by atoms with Gasteiger partial charge in [-0.3, -0.25) is 0 Å². The van der Waals surface area contributed by atoms with Crippen LogP contribution in [0.4, 0.5) is 0 Å². The van der Waals surface area contributed by atoms with E-state index in [2.05, 4.69) is 6.92 Å². The molecule has 0 heterocycles. The van der Waals surface area contributed by atoms with E-state index in [1.165, 1.54) is 0 Å². The van der Waals surface area contributed by atoms with Crippen molar-refractivity contribution in [2.45, 2.75) is 38.8 Å². The van der Waals surface area contributed by atoms with Gasteiger partial charge in [-0.25, -0.2) is 0 Å². The van der Waals surface area contributed by atoms with Crippen LogP contribution in [0.15, 0.2) is 0 Å². The SMILES string of the molecule is CCC(C)(N)COCC(C)OC. The van der Waals surface area contributed by atoms with Gasteiger partial charge in [0.25, 0.3) is 0 Å². The Morgan fingerprint density at radius 3 is 2.50 bits per heavy atom. The number of rotatable bonds is 6. The van der Waals surface area contributed by atoms with Gasteiger partial charge in [0.15, 0.2) is 0 Å². The molecule has 0 saturated heterocycles. The topological polar surface area (TPSA) is 44.5 Å². The minimum atomic E-state index is -0.201. The van der Waals surface area contributed by atoms with Gasteiger partial charge in [-0.1, -0.05) is 6.92 Å². The van der Waals surface area contributed by atoms with Gasteiger partial charge >= 0.3 is 0 Å². The van der Waals surface area contributed by atoms with E-state index < -0.39 is 0 Å². The van der Waals surface area contributed by atoms with Crippen molar-refractivity contribution < 1.29 is 9.47 Å². The molecule has 2 N–H and O–H groups in total. The molecule has 0 amide bonds. The van der Waals surface area contributed by atoms with Crippen molar-refractivity contribution in [2.75, 3.05) is 20.3 Å². The highest BCUT2D eigenvalue weighted by Gasteiger charge is 2.15. The molecule has 0 radical (unpaired) electrons. The molecule has 74 valence electrons. The van der Waals surface area contributed by atoms with Gasteiger partial charge in [0.2, 0.25) is 0 Å². The fraction of sp³-hybridized carbons (Fsp3) is 1.00. The predicted octanol–water partition coefficient (Wildman–Crippen LogP) is 1.17. The molecular formula is C9H21NO2. The van der Waals surface area contributed by atoms with Gasteiger partial charge in [-0.05, 0) is 20.3 Å². The molecule has 0 aliphatic carbocycles. The molecule has 0 rings (SSSR count). The van der Waals surface area contributed by atoms with E-state index >= 15 is 0 Å². The van der Waals surface area contributed by atoms with Crippen molar-refractivity contribution in [3.8, 4) is 0 Å². The zero-order valence-electron chi connectivity index (χ0n) is 8.59. The van der Waals surface area contributed by atoms with Crippen LogP contribution in [-0.2, 0) is 9.47 Å². The molecule has 3 heteroatoms. The second-order valence-corrected chi connectivity index (χ2v) is 3.57. The Morgan fingerprint density at radius 1 is 1.50 bits per heavy atom. The summed E-state index contributed by atoms with van der Waals surface area (Å²) in [4.78, 5) is 0. The average molecular weight is 175 g/mol. The first-order valence-electron chi connectivity index (χ1n) is 4.41. The molecule has 0 spiro atoms. The van der Waals surface area contributed by atoms with Crippen LogP contribution in [-0.4, -0.2) is 32.0 Å². The van der Waals surface area contributed by atoms with E-state index in [-0.39, 0.29) is 11.6 Å². The predicted molar refractivity (Wildman–Crippen MR) is 50.2 cm³/mol. The van der Waals surface area contributed by atoms with Gasteiger partial charge in [0, 0.05) is 12.6 Å². The van der Waals surface area contributed by atoms with Gasteiger partial charge in [-0.2, -0.15) is 0 Å². The van der Waals surface area contributed by atoms with E-state index in [9.17, 15) is 0 Å². The Labute approximate surface area is 75.2 Å². The van der Waals surface area contributed by atoms with Gasteiger partial charge in [0.1, 0.15) is 0 Å². The molecule has 2 unspecified atom stereocenters. The van der Waals surface area contributed by atoms with Crippen LogP contribution in [0.5, 0.6) is 0 Å². The zero-order chi connectivity index (χ0) is 9.61. The summed E-state index contributed by atoms with van der Waals surface area (Å²) in [5, 5.41) is 0. The second kappa shape index (κ2) is 5.51. The zero-order valence-corrected chi connectivity index (χ0v) is 8.59. The van der Waals surface area contributed by atoms with E-state index in [0.717, 1.165) is 6.42 Å². The Hall–Kier alpha value is -0.120. The molecule has 0 aromatic rings. The van der Waals surface area contributed by atoms with Crippen LogP contribution in [0.3, 0.4) is 0 Å². The molecule has 0 saturated carbocycles. The highest BCUT2D eigenvalue weighted by molar-refractivity contribution is 4.75. The maximum Gasteiger partial charge on any atom is 0.0776 e. The summed E-state index contributed by atoms with van der Waals surface area (Å²) in [5.41, 5.74) is 5.68. The standard InChI is InChI=1S/C9H21NO2/c1-5-9(3,10)7-12-6-8(2)11-4/h8H,5-7,10H2,1-4H3. The summed E-state index contributed by atoms with van der Waals surface area (Å²) in [7, 11) is 1.68. The third-order valence-electron chi connectivity index (χ3n) is 1.99. The second-order valence-electron chi connectivity index (χ2n) is 3.57. The molecule has 0 aliphatic rings. The molecule has 12 heavy (non-hydrogen) atoms. The maximum atomic E-state index is 5.88. The van der Waals surface area contributed by atoms with Gasteiger partial charge < -0.3 is 15.2 Å². The van der Waals surface area contributed by atoms with Crippen molar-refractivity contribution in [3.63, 3.8) is 0 Å². The lowest BCUT2D eigenvalue weighted by Crippen LogP contribution is -2.41. The number of ether oxygens (including phenoxy) is 2. The minimum absolute atomic E-state index is 0.151. The van der Waals surface area contributed by atoms with Crippen LogP contribution < -0.4 is 5.73 Å². The fourth-order valence-electron chi connectivity index (χ4n) is 0.628. The summed E-state index contributed by atoms with van der Waals surface area (Å²) >= 11 is 0. The lowest BCUT2D eigenvalue weighted by atomic mass is 10.0. The maximum absolute atomic E-state index is 5.88. The van der Waals surface area contributed by atoms with Crippen LogP contribution in [0.1, 0.15) is 27.2 Å². The molecule has 0 aliphatic heterocycles. The van der Waals surface area contributed by atoms with E-state index in [1.807, 2.05) is 13.8 Å². The molecular weight excluding hydrogens is 154 g/mol. The van der Waals surface area contributed by atoms with E-state index in [1.54, 1.807) is 7.11 Å². The highest BCUT2D eigenvalue weighted by atomic mass is 16.5. The van der Waals surface area contributed by atoms with Crippen molar-refractivity contribution >= 4 is 0 Å². The quantitative estimate of drug-likeness (QED) is 0.659. The van der Waals surface area contributed by atoms with Gasteiger partial charge in [0.05, 0.1) is 19.3 Å². The minimum Gasteiger partial charge on any atom is -0.379 e. The Balaban J connectivity index is 3.42. The fourth-order valence-corrected chi connectivity index (χ4v) is 0.628. The molecule has 3 nitrogen and oxygen atoms in total. The lowest BCUT2D eigenvalue weighted by molar-refractivity contribution is 0.00293. The van der Waals surface area contributed by atoms with Crippen LogP contribution in [0, 0.1) is 0 Å². The number of hydrogen-bond donors (Lipinski definition) is 1. The summed E-state index contributed by atoms with van der Waals surface area (Å²) < 4.78 is 10.4. The van der Waals surface area contributed by atoms with Crippen molar-refractivity contribution in [2.24, 2.45) is 5.73 Å². The molecule has 0 aromatic carbocycles. The third-order valence-corrected chi connectivity index (χ3v) is 1.99. The van der Waals surface area contributed by atoms with E-state index in [0.29, 0.717) is 13.2 Å². The van der Waals surface area contributed by atoms with Crippen molar-refractivity contribution in [1.82, 2.24) is 0 Å². The monoisotopic (exact) mass is 175 g/mol. The summed E-state index contributed by atoms with van der Waals surface area (Å²) in [5.74, 6) is 0. The average Bonchev–Trinajstić information content (AvgIpc) is 2.04. The Bertz CT molecular complexity index is 115. The first kappa shape index (κ1) is 11.9. The number of hydrogen-bond acceptors (Lipinski definition) is 3. The third kappa shape index (κ3) is 5.52. The van der Waals surface area contributed by atoms with Crippen molar-refractivity contribution in [3.05, 3.63) is 0 Å². The van der Waals surface area contributed by atoms with Crippen LogP contribution in [0.25, 0.3) is 0 Å². The molecule has 0 fully saturated rings. The smallest absolute Gasteiger partial charge is 0.0776 e. The van der Waals surface area contributed by atoms with Gasteiger partial charge in [-0.15, -0.1) is 0 Å². The Morgan fingerprint density at radius 2 is 2.08 bits per heavy atom. The lowest BCUT2D eigenvalue weighted by Gasteiger charge is -2.23. The van der Waals surface area contributed by atoms with Crippen molar-refractivity contribution in [1.29, 1.82) is 0 Å². The number of nitrogens with two attached hydrogens (primary N) is 1. The molecule has 0 bridgehead atoms. The summed E-state index contributed by atoms with van der Waals surface area (Å²) in [6.45, 7) is 7.23. The summed E-state index contributed by atoms with van der Waals surface area (Å²) in [6, 6.07) is 0. The van der Waals surface area contributed by atoms with Crippen LogP contribution >= 0.6 is 0 Å². The first-order valence-corrected chi connectivity index (χ1v) is 4.41. The summed E-state index contributed by atoms with van der Waals surface area (Å²) in [6.07, 6.45) is 1.08. The Kier molecular flexibility index (Phi) is 5.46. The van der Waals surface area contributed by atoms with E-state index in [4.69, 9.17) is 15.2 Å². The van der Waals surface area contributed by atoms with Crippen LogP contribution in [0.2, 0.25) is 0 Å². The molecule has 2 atom stereocenters. The number of methoxy groups -OCH3 is 1. The largest absolute Gasteiger partial charge is 0.379 e. The molecule has 0 aromatic heterocycles. The normalized spacial score (nSPS) is 18.8. The highest BCUT2D eigenvalue weighted by Crippen LogP contribution is 2.05.